The highest BCUT2D eigenvalue weighted by atomic mass is 19.1. The monoisotopic (exact) mass is 232 g/mol. The highest BCUT2D eigenvalue weighted by Gasteiger charge is 2.08. The first-order chi connectivity index (χ1) is 8.20. The lowest BCUT2D eigenvalue weighted by Crippen LogP contribution is -1.99. The highest BCUT2D eigenvalue weighted by molar-refractivity contribution is 6.11. The number of hydrogen-bond acceptors (Lipinski definition) is 4. The van der Waals surface area contributed by atoms with E-state index in [0.717, 1.165) is 0 Å². The molecule has 0 N–H and O–H groups in total. The molecule has 5 nitrogen and oxygen atoms in total. The van der Waals surface area contributed by atoms with Crippen LogP contribution in [0.2, 0.25) is 0 Å². The second-order valence-electron chi connectivity index (χ2n) is 3.40. The molecule has 0 aliphatic heterocycles. The van der Waals surface area contributed by atoms with Crippen LogP contribution in [0.15, 0.2) is 24.3 Å². The molecule has 0 radical (unpaired) electrons. The Labute approximate surface area is 96.6 Å². The summed E-state index contributed by atoms with van der Waals surface area (Å²) in [5.74, 6) is 0.0412. The van der Waals surface area contributed by atoms with Crippen molar-refractivity contribution in [3.05, 3.63) is 41.5 Å². The van der Waals surface area contributed by atoms with Crippen molar-refractivity contribution in [2.75, 3.05) is 0 Å². The van der Waals surface area contributed by atoms with Crippen molar-refractivity contribution < 1.29 is 9.18 Å². The van der Waals surface area contributed by atoms with Crippen LogP contribution in [-0.2, 0) is 11.8 Å². The topological polar surface area (TPSA) is 60.7 Å². The van der Waals surface area contributed by atoms with Crippen LogP contribution in [0.5, 0.6) is 0 Å². The number of carbonyl (C=O) groups excluding carboxylic acids is 1. The summed E-state index contributed by atoms with van der Waals surface area (Å²) in [6, 6.07) is 5.79. The number of rotatable bonds is 3. The maximum Gasteiger partial charge on any atom is 0.185 e. The Kier molecular flexibility index (Phi) is 3.04. The zero-order valence-electron chi connectivity index (χ0n) is 9.04. The van der Waals surface area contributed by atoms with Gasteiger partial charge in [-0.2, -0.15) is 0 Å². The molecular formula is C11H9FN4O. The van der Waals surface area contributed by atoms with Gasteiger partial charge in [-0.3, -0.25) is 4.79 Å². The SMILES string of the molecule is Cn1nnnc1C(C=O)=Cc1ccc(F)cc1. The molecule has 6 heteroatoms. The molecule has 0 saturated carbocycles. The summed E-state index contributed by atoms with van der Waals surface area (Å²) in [5, 5.41) is 10.8. The Bertz CT molecular complexity index is 559. The molecule has 0 bridgehead atoms. The number of halogens is 1. The number of carbonyl (C=O) groups is 1. The zero-order valence-corrected chi connectivity index (χ0v) is 9.04. The predicted molar refractivity (Wildman–Crippen MR) is 59.1 cm³/mol. The molecule has 1 heterocycles. The Morgan fingerprint density at radius 3 is 2.59 bits per heavy atom. The van der Waals surface area contributed by atoms with E-state index in [-0.39, 0.29) is 5.82 Å². The summed E-state index contributed by atoms with van der Waals surface area (Å²) < 4.78 is 14.1. The summed E-state index contributed by atoms with van der Waals surface area (Å²) in [4.78, 5) is 11.0. The molecule has 0 fully saturated rings. The Balaban J connectivity index is 2.39. The summed E-state index contributed by atoms with van der Waals surface area (Å²) in [6.45, 7) is 0. The molecule has 0 saturated heterocycles. The minimum atomic E-state index is -0.324. The van der Waals surface area contributed by atoms with Gasteiger partial charge >= 0.3 is 0 Å². The second-order valence-corrected chi connectivity index (χ2v) is 3.40. The lowest BCUT2D eigenvalue weighted by molar-refractivity contribution is -0.103. The summed E-state index contributed by atoms with van der Waals surface area (Å²) in [5.41, 5.74) is 1.04. The molecule has 0 aliphatic carbocycles. The normalized spacial score (nSPS) is 11.5. The van der Waals surface area contributed by atoms with Crippen molar-refractivity contribution in [3.63, 3.8) is 0 Å². The fraction of sp³-hybridized carbons (Fsp3) is 0.0909. The fourth-order valence-corrected chi connectivity index (χ4v) is 1.36. The van der Waals surface area contributed by atoms with Gasteiger partial charge in [0.25, 0.3) is 0 Å². The molecule has 1 aromatic carbocycles. The quantitative estimate of drug-likeness (QED) is 0.587. The van der Waals surface area contributed by atoms with Gasteiger partial charge < -0.3 is 0 Å². The average molecular weight is 232 g/mol. The lowest BCUT2D eigenvalue weighted by Gasteiger charge is -1.98. The first-order valence-electron chi connectivity index (χ1n) is 4.86. The molecule has 1 aromatic heterocycles. The van der Waals surface area contributed by atoms with E-state index < -0.39 is 0 Å². The Morgan fingerprint density at radius 1 is 1.35 bits per heavy atom. The molecule has 86 valence electrons. The largest absolute Gasteiger partial charge is 0.298 e. The van der Waals surface area contributed by atoms with Gasteiger partial charge in [0.15, 0.2) is 12.1 Å². The van der Waals surface area contributed by atoms with Crippen LogP contribution >= 0.6 is 0 Å². The van der Waals surface area contributed by atoms with Crippen molar-refractivity contribution in [3.8, 4) is 0 Å². The Hall–Kier alpha value is -2.37. The third kappa shape index (κ3) is 2.41. The number of aldehydes is 1. The summed E-state index contributed by atoms with van der Waals surface area (Å²) in [6.07, 6.45) is 2.26. The first-order valence-corrected chi connectivity index (χ1v) is 4.86. The van der Waals surface area contributed by atoms with Crippen molar-refractivity contribution in [1.29, 1.82) is 0 Å². The van der Waals surface area contributed by atoms with Gasteiger partial charge in [-0.05, 0) is 34.2 Å². The minimum Gasteiger partial charge on any atom is -0.298 e. The summed E-state index contributed by atoms with van der Waals surface area (Å²) in [7, 11) is 1.64. The zero-order chi connectivity index (χ0) is 12.3. The third-order valence-corrected chi connectivity index (χ3v) is 2.20. The standard InChI is InChI=1S/C11H9FN4O/c1-16-11(13-14-15-16)9(7-17)6-8-2-4-10(12)5-3-8/h2-7H,1H3. The molecular weight excluding hydrogens is 223 g/mol. The maximum absolute atomic E-state index is 12.7. The van der Waals surface area contributed by atoms with E-state index in [1.165, 1.54) is 16.8 Å². The van der Waals surface area contributed by atoms with Crippen LogP contribution in [0.25, 0.3) is 11.6 Å². The number of tetrazole rings is 1. The Morgan fingerprint density at radius 2 is 2.06 bits per heavy atom. The van der Waals surface area contributed by atoms with Crippen LogP contribution in [0.1, 0.15) is 11.4 Å². The predicted octanol–water partition coefficient (Wildman–Crippen LogP) is 1.09. The molecule has 0 atom stereocenters. The number of aryl methyl sites for hydroxylation is 1. The van der Waals surface area contributed by atoms with Crippen molar-refractivity contribution in [1.82, 2.24) is 20.2 Å². The fourth-order valence-electron chi connectivity index (χ4n) is 1.36. The van der Waals surface area contributed by atoms with Crippen LogP contribution in [0, 0.1) is 5.82 Å². The van der Waals surface area contributed by atoms with Gasteiger partial charge in [0, 0.05) is 7.05 Å². The summed E-state index contributed by atoms with van der Waals surface area (Å²) >= 11 is 0. The number of benzene rings is 1. The van der Waals surface area contributed by atoms with Gasteiger partial charge in [-0.15, -0.1) is 5.10 Å². The molecule has 2 aromatic rings. The lowest BCUT2D eigenvalue weighted by atomic mass is 10.1. The number of nitrogens with zero attached hydrogens (tertiary/aromatic N) is 4. The van der Waals surface area contributed by atoms with Crippen molar-refractivity contribution >= 4 is 17.9 Å². The van der Waals surface area contributed by atoms with Crippen LogP contribution in [0.4, 0.5) is 4.39 Å². The van der Waals surface area contributed by atoms with Gasteiger partial charge in [0.1, 0.15) is 5.82 Å². The molecule has 0 aliphatic rings. The molecule has 2 rings (SSSR count). The van der Waals surface area contributed by atoms with Gasteiger partial charge in [0.05, 0.1) is 5.57 Å². The van der Waals surface area contributed by atoms with Gasteiger partial charge in [0.2, 0.25) is 0 Å². The van der Waals surface area contributed by atoms with Crippen LogP contribution in [-0.4, -0.2) is 26.5 Å². The smallest absolute Gasteiger partial charge is 0.185 e. The molecule has 0 unspecified atom stereocenters. The molecule has 0 amide bonds. The van der Waals surface area contributed by atoms with Crippen molar-refractivity contribution in [2.24, 2.45) is 7.05 Å². The van der Waals surface area contributed by atoms with E-state index in [4.69, 9.17) is 0 Å². The minimum absolute atomic E-state index is 0.324. The third-order valence-electron chi connectivity index (χ3n) is 2.20. The van der Waals surface area contributed by atoms with E-state index in [1.54, 1.807) is 25.3 Å². The second kappa shape index (κ2) is 4.65. The van der Waals surface area contributed by atoms with E-state index >= 15 is 0 Å². The van der Waals surface area contributed by atoms with Gasteiger partial charge in [-0.25, -0.2) is 9.07 Å². The van der Waals surface area contributed by atoms with Gasteiger partial charge in [-0.1, -0.05) is 12.1 Å². The van der Waals surface area contributed by atoms with E-state index in [9.17, 15) is 9.18 Å². The number of allylic oxidation sites excluding steroid dienone is 1. The van der Waals surface area contributed by atoms with E-state index in [0.29, 0.717) is 23.2 Å². The number of aromatic nitrogens is 4. The van der Waals surface area contributed by atoms with Crippen LogP contribution < -0.4 is 0 Å². The first kappa shape index (κ1) is 11.1. The maximum atomic E-state index is 12.7. The molecule has 17 heavy (non-hydrogen) atoms. The molecule has 0 spiro atoms. The van der Waals surface area contributed by atoms with E-state index in [2.05, 4.69) is 15.5 Å². The van der Waals surface area contributed by atoms with Crippen molar-refractivity contribution in [2.45, 2.75) is 0 Å². The average Bonchev–Trinajstić information content (AvgIpc) is 2.75. The van der Waals surface area contributed by atoms with E-state index in [1.807, 2.05) is 0 Å². The number of hydrogen-bond donors (Lipinski definition) is 0. The van der Waals surface area contributed by atoms with Crippen LogP contribution in [0.3, 0.4) is 0 Å². The highest BCUT2D eigenvalue weighted by Crippen LogP contribution is 2.13.